The molecule has 1 N–H and O–H groups in total. The van der Waals surface area contributed by atoms with E-state index in [2.05, 4.69) is 0 Å². The van der Waals surface area contributed by atoms with Gasteiger partial charge in [-0.25, -0.2) is 9.18 Å². The van der Waals surface area contributed by atoms with Crippen LogP contribution in [0.15, 0.2) is 24.3 Å². The molecule has 0 spiro atoms. The van der Waals surface area contributed by atoms with Crippen molar-refractivity contribution >= 4 is 12.3 Å². The first-order chi connectivity index (χ1) is 6.63. The van der Waals surface area contributed by atoms with E-state index in [0.29, 0.717) is 5.56 Å². The topological polar surface area (TPSA) is 54.4 Å². The summed E-state index contributed by atoms with van der Waals surface area (Å²) in [5, 5.41) is 8.64. The van der Waals surface area contributed by atoms with Gasteiger partial charge in [0.15, 0.2) is 12.5 Å². The summed E-state index contributed by atoms with van der Waals surface area (Å²) in [7, 11) is 0. The van der Waals surface area contributed by atoms with Crippen LogP contribution in [0.25, 0.3) is 0 Å². The van der Waals surface area contributed by atoms with Gasteiger partial charge in [-0.3, -0.25) is 0 Å². The molecule has 1 rings (SSSR count). The lowest BCUT2D eigenvalue weighted by Gasteiger charge is -2.02. The Morgan fingerprint density at radius 2 is 2.29 bits per heavy atom. The molecule has 1 aromatic rings. The number of benzene rings is 1. The molecule has 0 aliphatic heterocycles. The van der Waals surface area contributed by atoms with Crippen LogP contribution in [0, 0.1) is 0 Å². The fourth-order valence-electron chi connectivity index (χ4n) is 1.10. The molecule has 1 atom stereocenters. The minimum absolute atomic E-state index is 0.0788. The standard InChI is InChI=1S/C10H9FO3/c11-9(6-12)5-7-2-1-3-8(4-7)10(13)14/h1-4,6,9H,5H2,(H,13,14). The maximum absolute atomic E-state index is 12.6. The Morgan fingerprint density at radius 3 is 2.86 bits per heavy atom. The molecule has 74 valence electrons. The molecule has 1 unspecified atom stereocenters. The smallest absolute Gasteiger partial charge is 0.335 e. The molecular weight excluding hydrogens is 187 g/mol. The minimum Gasteiger partial charge on any atom is -0.478 e. The zero-order valence-electron chi connectivity index (χ0n) is 7.31. The third kappa shape index (κ3) is 2.65. The number of halogens is 1. The summed E-state index contributed by atoms with van der Waals surface area (Å²) in [6.07, 6.45) is -1.45. The lowest BCUT2D eigenvalue weighted by molar-refractivity contribution is -0.111. The number of carboxylic acids is 1. The number of hydrogen-bond donors (Lipinski definition) is 1. The zero-order valence-corrected chi connectivity index (χ0v) is 7.31. The van der Waals surface area contributed by atoms with Gasteiger partial charge in [0, 0.05) is 6.42 Å². The molecule has 4 heteroatoms. The Balaban J connectivity index is 2.83. The van der Waals surface area contributed by atoms with Gasteiger partial charge in [-0.15, -0.1) is 0 Å². The lowest BCUT2D eigenvalue weighted by Crippen LogP contribution is -2.06. The fraction of sp³-hybridized carbons (Fsp3) is 0.200. The van der Waals surface area contributed by atoms with Crippen LogP contribution in [0.5, 0.6) is 0 Å². The van der Waals surface area contributed by atoms with E-state index in [0.717, 1.165) is 0 Å². The number of alkyl halides is 1. The number of carbonyl (C=O) groups is 2. The molecule has 0 saturated heterocycles. The molecule has 0 radical (unpaired) electrons. The summed E-state index contributed by atoms with van der Waals surface area (Å²) in [5.41, 5.74) is 0.602. The highest BCUT2D eigenvalue weighted by atomic mass is 19.1. The van der Waals surface area contributed by atoms with Crippen LogP contribution in [0.4, 0.5) is 4.39 Å². The molecule has 14 heavy (non-hydrogen) atoms. The Hall–Kier alpha value is -1.71. The second kappa shape index (κ2) is 4.50. The van der Waals surface area contributed by atoms with Crippen LogP contribution < -0.4 is 0 Å². The predicted molar refractivity (Wildman–Crippen MR) is 48.1 cm³/mol. The van der Waals surface area contributed by atoms with Crippen molar-refractivity contribution < 1.29 is 19.1 Å². The summed E-state index contributed by atoms with van der Waals surface area (Å²) in [6, 6.07) is 5.89. The van der Waals surface area contributed by atoms with E-state index < -0.39 is 12.1 Å². The second-order valence-corrected chi connectivity index (χ2v) is 2.86. The molecule has 3 nitrogen and oxygen atoms in total. The lowest BCUT2D eigenvalue weighted by atomic mass is 10.1. The van der Waals surface area contributed by atoms with Crippen molar-refractivity contribution in [2.75, 3.05) is 0 Å². The normalized spacial score (nSPS) is 12.1. The average molecular weight is 196 g/mol. The van der Waals surface area contributed by atoms with Crippen molar-refractivity contribution in [2.45, 2.75) is 12.6 Å². The Morgan fingerprint density at radius 1 is 1.57 bits per heavy atom. The first kappa shape index (κ1) is 10.4. The Kier molecular flexibility index (Phi) is 3.34. The summed E-state index contributed by atoms with van der Waals surface area (Å²) < 4.78 is 12.6. The first-order valence-electron chi connectivity index (χ1n) is 4.05. The van der Waals surface area contributed by atoms with Crippen molar-refractivity contribution in [3.8, 4) is 0 Å². The second-order valence-electron chi connectivity index (χ2n) is 2.86. The van der Waals surface area contributed by atoms with E-state index in [1.54, 1.807) is 6.07 Å². The van der Waals surface area contributed by atoms with Gasteiger partial charge in [0.1, 0.15) is 0 Å². The Labute approximate surface area is 80.2 Å². The minimum atomic E-state index is -1.57. The van der Waals surface area contributed by atoms with Crippen LogP contribution >= 0.6 is 0 Å². The molecule has 0 amide bonds. The van der Waals surface area contributed by atoms with Gasteiger partial charge in [-0.1, -0.05) is 12.1 Å². The summed E-state index contributed by atoms with van der Waals surface area (Å²) in [6.45, 7) is 0. The molecule has 0 bridgehead atoms. The van der Waals surface area contributed by atoms with E-state index in [4.69, 9.17) is 5.11 Å². The average Bonchev–Trinajstić information content (AvgIpc) is 2.18. The summed E-state index contributed by atoms with van der Waals surface area (Å²) in [5.74, 6) is -1.06. The van der Waals surface area contributed by atoms with Gasteiger partial charge in [-0.05, 0) is 17.7 Å². The fourth-order valence-corrected chi connectivity index (χ4v) is 1.10. The SMILES string of the molecule is O=CC(F)Cc1cccc(C(=O)O)c1. The number of carbonyl (C=O) groups excluding carboxylic acids is 1. The van der Waals surface area contributed by atoms with E-state index in [1.807, 2.05) is 0 Å². The third-order valence-corrected chi connectivity index (χ3v) is 1.75. The van der Waals surface area contributed by atoms with E-state index in [9.17, 15) is 14.0 Å². The molecule has 0 saturated carbocycles. The number of hydrogen-bond acceptors (Lipinski definition) is 2. The quantitative estimate of drug-likeness (QED) is 0.742. The van der Waals surface area contributed by atoms with Gasteiger partial charge in [0.05, 0.1) is 5.56 Å². The molecule has 0 aliphatic rings. The molecule has 1 aromatic carbocycles. The molecule has 0 aromatic heterocycles. The van der Waals surface area contributed by atoms with Gasteiger partial charge in [0.2, 0.25) is 0 Å². The molecule has 0 aliphatic carbocycles. The van der Waals surface area contributed by atoms with E-state index in [1.165, 1.54) is 18.2 Å². The maximum Gasteiger partial charge on any atom is 0.335 e. The van der Waals surface area contributed by atoms with Gasteiger partial charge in [0.25, 0.3) is 0 Å². The van der Waals surface area contributed by atoms with E-state index in [-0.39, 0.29) is 18.3 Å². The zero-order chi connectivity index (χ0) is 10.6. The highest BCUT2D eigenvalue weighted by Gasteiger charge is 2.08. The first-order valence-corrected chi connectivity index (χ1v) is 4.05. The monoisotopic (exact) mass is 196 g/mol. The predicted octanol–water partition coefficient (Wildman–Crippen LogP) is 1.46. The number of aldehydes is 1. The maximum atomic E-state index is 12.6. The van der Waals surface area contributed by atoms with Gasteiger partial charge >= 0.3 is 5.97 Å². The highest BCUT2D eigenvalue weighted by molar-refractivity contribution is 5.87. The van der Waals surface area contributed by atoms with Crippen molar-refractivity contribution in [3.63, 3.8) is 0 Å². The van der Waals surface area contributed by atoms with Crippen LogP contribution in [0.2, 0.25) is 0 Å². The number of rotatable bonds is 4. The molecule has 0 heterocycles. The van der Waals surface area contributed by atoms with Crippen LogP contribution in [-0.2, 0) is 11.2 Å². The van der Waals surface area contributed by atoms with E-state index >= 15 is 0 Å². The van der Waals surface area contributed by atoms with Crippen LogP contribution in [0.1, 0.15) is 15.9 Å². The van der Waals surface area contributed by atoms with Crippen molar-refractivity contribution in [3.05, 3.63) is 35.4 Å². The Bertz CT molecular complexity index is 349. The summed E-state index contributed by atoms with van der Waals surface area (Å²) in [4.78, 5) is 20.6. The molecule has 0 fully saturated rings. The van der Waals surface area contributed by atoms with Crippen molar-refractivity contribution in [1.82, 2.24) is 0 Å². The largest absolute Gasteiger partial charge is 0.478 e. The highest BCUT2D eigenvalue weighted by Crippen LogP contribution is 2.08. The molecular formula is C10H9FO3. The van der Waals surface area contributed by atoms with Gasteiger partial charge in [-0.2, -0.15) is 0 Å². The van der Waals surface area contributed by atoms with Crippen LogP contribution in [-0.4, -0.2) is 23.5 Å². The van der Waals surface area contributed by atoms with Crippen LogP contribution in [0.3, 0.4) is 0 Å². The summed E-state index contributed by atoms with van der Waals surface area (Å²) >= 11 is 0. The van der Waals surface area contributed by atoms with Crippen molar-refractivity contribution in [2.24, 2.45) is 0 Å². The van der Waals surface area contributed by atoms with Crippen molar-refractivity contribution in [1.29, 1.82) is 0 Å². The number of aromatic carboxylic acids is 1. The number of carboxylic acid groups (broad SMARTS) is 1. The third-order valence-electron chi connectivity index (χ3n) is 1.75. The van der Waals surface area contributed by atoms with Gasteiger partial charge < -0.3 is 9.90 Å².